The minimum Gasteiger partial charge on any atom is -0.380 e. The monoisotopic (exact) mass is 438 g/mol. The van der Waals surface area contributed by atoms with Crippen molar-refractivity contribution in [3.63, 3.8) is 0 Å². The maximum atomic E-state index is 5.59. The largest absolute Gasteiger partial charge is 0.380 e. The lowest BCUT2D eigenvalue weighted by Gasteiger charge is -2.33. The van der Waals surface area contributed by atoms with E-state index in [-0.39, 0.29) is 0 Å². The first-order valence-electron chi connectivity index (χ1n) is 11.7. The molecule has 9 nitrogen and oxygen atoms in total. The molecule has 4 rings (SSSR count). The molecule has 32 heavy (non-hydrogen) atoms. The van der Waals surface area contributed by atoms with Crippen LogP contribution in [0.5, 0.6) is 0 Å². The van der Waals surface area contributed by atoms with Gasteiger partial charge in [0.05, 0.1) is 18.8 Å². The molecule has 0 aromatic carbocycles. The van der Waals surface area contributed by atoms with Gasteiger partial charge in [0.15, 0.2) is 5.82 Å². The Hall–Kier alpha value is -2.78. The van der Waals surface area contributed by atoms with E-state index >= 15 is 0 Å². The van der Waals surface area contributed by atoms with Crippen LogP contribution in [0.3, 0.4) is 0 Å². The van der Waals surface area contributed by atoms with Crippen LogP contribution in [0.4, 0.5) is 17.6 Å². The molecule has 0 unspecified atom stereocenters. The number of pyridine rings is 1. The second-order valence-corrected chi connectivity index (χ2v) is 8.14. The Bertz CT molecular complexity index is 1030. The van der Waals surface area contributed by atoms with Crippen molar-refractivity contribution in [1.82, 2.24) is 30.0 Å². The molecule has 0 amide bonds. The van der Waals surface area contributed by atoms with Crippen molar-refractivity contribution in [1.29, 1.82) is 0 Å². The van der Waals surface area contributed by atoms with Crippen molar-refractivity contribution >= 4 is 28.6 Å². The molecule has 0 radical (unpaired) electrons. The Morgan fingerprint density at radius 2 is 2.09 bits per heavy atom. The van der Waals surface area contributed by atoms with Crippen LogP contribution in [-0.4, -0.2) is 63.6 Å². The Labute approximate surface area is 189 Å². The SMILES string of the molecule is CCOCCn1nc(CC)c2nc(N3CCN[C@H](CC)C3)nc(Nc3ccc(C)cn3)c21. The zero-order valence-electron chi connectivity index (χ0n) is 19.6. The highest BCUT2D eigenvalue weighted by Crippen LogP contribution is 2.29. The lowest BCUT2D eigenvalue weighted by Crippen LogP contribution is -2.51. The summed E-state index contributed by atoms with van der Waals surface area (Å²) in [5.41, 5.74) is 3.89. The number of rotatable bonds is 9. The Kier molecular flexibility index (Phi) is 7.16. The molecule has 172 valence electrons. The van der Waals surface area contributed by atoms with E-state index in [1.165, 1.54) is 0 Å². The van der Waals surface area contributed by atoms with Gasteiger partial charge in [-0.3, -0.25) is 4.68 Å². The number of ether oxygens (including phenoxy) is 1. The molecule has 1 aliphatic rings. The summed E-state index contributed by atoms with van der Waals surface area (Å²) in [6.07, 6.45) is 3.73. The summed E-state index contributed by atoms with van der Waals surface area (Å²) in [6.45, 7) is 13.0. The summed E-state index contributed by atoms with van der Waals surface area (Å²) in [7, 11) is 0. The number of aryl methyl sites for hydroxylation is 2. The summed E-state index contributed by atoms with van der Waals surface area (Å²) in [6, 6.07) is 4.46. The number of piperazine rings is 1. The Balaban J connectivity index is 1.79. The zero-order chi connectivity index (χ0) is 22.5. The number of fused-ring (bicyclic) bond motifs is 1. The van der Waals surface area contributed by atoms with Crippen LogP contribution >= 0.6 is 0 Å². The predicted molar refractivity (Wildman–Crippen MR) is 128 cm³/mol. The number of nitrogens with zero attached hydrogens (tertiary/aromatic N) is 6. The molecular formula is C23H34N8O. The number of nitrogens with one attached hydrogen (secondary N) is 2. The third-order valence-corrected chi connectivity index (χ3v) is 5.82. The van der Waals surface area contributed by atoms with Gasteiger partial charge in [0.1, 0.15) is 16.9 Å². The second kappa shape index (κ2) is 10.2. The minimum absolute atomic E-state index is 0.442. The summed E-state index contributed by atoms with van der Waals surface area (Å²) < 4.78 is 7.56. The first kappa shape index (κ1) is 22.4. The zero-order valence-corrected chi connectivity index (χ0v) is 19.6. The molecule has 2 N–H and O–H groups in total. The lowest BCUT2D eigenvalue weighted by molar-refractivity contribution is 0.137. The summed E-state index contributed by atoms with van der Waals surface area (Å²) >= 11 is 0. The summed E-state index contributed by atoms with van der Waals surface area (Å²) in [4.78, 5) is 16.8. The van der Waals surface area contributed by atoms with Crippen LogP contribution in [0.15, 0.2) is 18.3 Å². The minimum atomic E-state index is 0.442. The van der Waals surface area contributed by atoms with E-state index in [0.29, 0.717) is 25.8 Å². The third-order valence-electron chi connectivity index (χ3n) is 5.82. The number of aromatic nitrogens is 5. The van der Waals surface area contributed by atoms with E-state index in [9.17, 15) is 0 Å². The smallest absolute Gasteiger partial charge is 0.228 e. The van der Waals surface area contributed by atoms with Gasteiger partial charge in [-0.25, -0.2) is 9.97 Å². The Morgan fingerprint density at radius 3 is 2.81 bits per heavy atom. The van der Waals surface area contributed by atoms with E-state index in [1.54, 1.807) is 0 Å². The van der Waals surface area contributed by atoms with Crippen molar-refractivity contribution in [3.8, 4) is 0 Å². The average Bonchev–Trinajstić information content (AvgIpc) is 3.18. The van der Waals surface area contributed by atoms with Crippen LogP contribution in [0, 0.1) is 6.92 Å². The van der Waals surface area contributed by atoms with Crippen LogP contribution in [0.25, 0.3) is 11.0 Å². The topological polar surface area (TPSA) is 93.0 Å². The molecular weight excluding hydrogens is 404 g/mol. The maximum absolute atomic E-state index is 5.59. The molecule has 1 saturated heterocycles. The van der Waals surface area contributed by atoms with E-state index in [2.05, 4.69) is 34.4 Å². The van der Waals surface area contributed by atoms with Crippen LogP contribution in [0.1, 0.15) is 38.4 Å². The first-order chi connectivity index (χ1) is 15.6. The predicted octanol–water partition coefficient (Wildman–Crippen LogP) is 3.06. The molecule has 0 saturated carbocycles. The molecule has 1 atom stereocenters. The number of hydrogen-bond acceptors (Lipinski definition) is 8. The van der Waals surface area contributed by atoms with Crippen molar-refractivity contribution in [2.75, 3.05) is 43.1 Å². The lowest BCUT2D eigenvalue weighted by atomic mass is 10.1. The maximum Gasteiger partial charge on any atom is 0.228 e. The van der Waals surface area contributed by atoms with E-state index in [1.807, 2.05) is 36.9 Å². The van der Waals surface area contributed by atoms with Gasteiger partial charge in [-0.05, 0) is 38.3 Å². The van der Waals surface area contributed by atoms with Gasteiger partial charge in [0.25, 0.3) is 0 Å². The van der Waals surface area contributed by atoms with Crippen LogP contribution in [0.2, 0.25) is 0 Å². The highest BCUT2D eigenvalue weighted by molar-refractivity contribution is 5.90. The molecule has 0 bridgehead atoms. The fourth-order valence-corrected chi connectivity index (χ4v) is 4.00. The van der Waals surface area contributed by atoms with Crippen LogP contribution in [-0.2, 0) is 17.7 Å². The van der Waals surface area contributed by atoms with Gasteiger partial charge in [-0.15, -0.1) is 0 Å². The standard InChI is InChI=1S/C23H34N8O/c1-5-17-15-30(11-10-24-17)23-27-20-18(6-2)29-31(12-13-32-7-3)21(20)22(28-23)26-19-9-8-16(4)14-25-19/h8-9,14,17,24H,5-7,10-13,15H2,1-4H3,(H,25,26,27,28)/t17-/m1/s1. The molecule has 4 heterocycles. The van der Waals surface area contributed by atoms with Gasteiger partial charge in [0, 0.05) is 38.5 Å². The van der Waals surface area contributed by atoms with Crippen molar-refractivity contribution < 1.29 is 4.74 Å². The molecule has 3 aromatic heterocycles. The highest BCUT2D eigenvalue weighted by atomic mass is 16.5. The molecule has 0 aliphatic carbocycles. The van der Waals surface area contributed by atoms with E-state index < -0.39 is 0 Å². The van der Waals surface area contributed by atoms with E-state index in [4.69, 9.17) is 19.8 Å². The average molecular weight is 439 g/mol. The number of anilines is 3. The third kappa shape index (κ3) is 4.83. The van der Waals surface area contributed by atoms with E-state index in [0.717, 1.165) is 72.4 Å². The van der Waals surface area contributed by atoms with Gasteiger partial charge in [-0.1, -0.05) is 19.9 Å². The van der Waals surface area contributed by atoms with Crippen molar-refractivity contribution in [2.45, 2.75) is 53.1 Å². The van der Waals surface area contributed by atoms with Crippen molar-refractivity contribution in [2.24, 2.45) is 0 Å². The fourth-order valence-electron chi connectivity index (χ4n) is 4.00. The summed E-state index contributed by atoms with van der Waals surface area (Å²) in [5.74, 6) is 2.23. The summed E-state index contributed by atoms with van der Waals surface area (Å²) in [5, 5.41) is 11.9. The van der Waals surface area contributed by atoms with Crippen LogP contribution < -0.4 is 15.5 Å². The normalized spacial score (nSPS) is 16.6. The molecule has 9 heteroatoms. The van der Waals surface area contributed by atoms with Gasteiger partial charge >= 0.3 is 0 Å². The van der Waals surface area contributed by atoms with Gasteiger partial charge in [0.2, 0.25) is 5.95 Å². The highest BCUT2D eigenvalue weighted by Gasteiger charge is 2.24. The number of hydrogen-bond donors (Lipinski definition) is 2. The molecule has 3 aromatic rings. The fraction of sp³-hybridized carbons (Fsp3) is 0.565. The molecule has 1 fully saturated rings. The van der Waals surface area contributed by atoms with Gasteiger partial charge in [-0.2, -0.15) is 10.1 Å². The Morgan fingerprint density at radius 1 is 1.22 bits per heavy atom. The first-order valence-corrected chi connectivity index (χ1v) is 11.7. The molecule has 1 aliphatic heterocycles. The quantitative estimate of drug-likeness (QED) is 0.493. The van der Waals surface area contributed by atoms with Gasteiger partial charge < -0.3 is 20.3 Å². The second-order valence-electron chi connectivity index (χ2n) is 8.14. The molecule has 0 spiro atoms. The van der Waals surface area contributed by atoms with Crippen molar-refractivity contribution in [3.05, 3.63) is 29.6 Å².